The number of nitrogens with zero attached hydrogens (tertiary/aromatic N) is 2. The number of piperidine rings is 1. The first kappa shape index (κ1) is 27.5. The Morgan fingerprint density at radius 3 is 2.44 bits per heavy atom. The monoisotopic (exact) mass is 560 g/mol. The Balaban J connectivity index is 1.09. The van der Waals surface area contributed by atoms with Crippen molar-refractivity contribution in [3.05, 3.63) is 106 Å². The van der Waals surface area contributed by atoms with Crippen molar-refractivity contribution in [3.63, 3.8) is 0 Å². The highest BCUT2D eigenvalue weighted by atomic mass is 19.4. The zero-order chi connectivity index (χ0) is 28.6. The summed E-state index contributed by atoms with van der Waals surface area (Å²) in [6.07, 6.45) is -1.66. The third kappa shape index (κ3) is 6.04. The number of carbonyl (C=O) groups excluding carboxylic acids is 1. The molecule has 1 fully saturated rings. The minimum Gasteiger partial charge on any atom is -0.358 e. The summed E-state index contributed by atoms with van der Waals surface area (Å²) in [5.41, 5.74) is 5.53. The number of halogens is 3. The zero-order valence-electron chi connectivity index (χ0n) is 23.2. The van der Waals surface area contributed by atoms with Gasteiger partial charge in [-0.1, -0.05) is 42.5 Å². The molecule has 214 valence electrons. The van der Waals surface area contributed by atoms with Gasteiger partial charge in [-0.25, -0.2) is 0 Å². The van der Waals surface area contributed by atoms with E-state index in [4.69, 9.17) is 0 Å². The van der Waals surface area contributed by atoms with E-state index >= 15 is 0 Å². The highest BCUT2D eigenvalue weighted by Gasteiger charge is 2.30. The van der Waals surface area contributed by atoms with E-state index in [1.54, 1.807) is 12.1 Å². The van der Waals surface area contributed by atoms with Crippen LogP contribution in [0.15, 0.2) is 72.8 Å². The van der Waals surface area contributed by atoms with Crippen LogP contribution in [0.3, 0.4) is 0 Å². The van der Waals surface area contributed by atoms with E-state index in [0.29, 0.717) is 24.7 Å². The third-order valence-electron chi connectivity index (χ3n) is 8.70. The molecule has 0 saturated carbocycles. The van der Waals surface area contributed by atoms with Crippen molar-refractivity contribution >= 4 is 16.8 Å². The topological polar surface area (TPSA) is 51.4 Å². The molecule has 1 saturated heterocycles. The van der Waals surface area contributed by atoms with Crippen molar-refractivity contribution in [2.75, 3.05) is 19.6 Å². The standard InChI is InChI=1S/C33H35F3N4O/c1-22(24-5-3-2-4-6-24)40-17-13-27(14-18-40)37-32(41)25-9-12-30-28(19-25)29-21-39(16-15-31(29)38-30)20-23-7-10-26(11-8-23)33(34,35)36/h2-12,19,22,27,38H,13-18,20-21H2,1H3,(H,37,41). The average molecular weight is 561 g/mol. The highest BCUT2D eigenvalue weighted by Crippen LogP contribution is 2.32. The molecular formula is C33H35F3N4O. The maximum Gasteiger partial charge on any atom is 0.416 e. The van der Waals surface area contributed by atoms with Crippen LogP contribution in [0.5, 0.6) is 0 Å². The number of amides is 1. The van der Waals surface area contributed by atoms with Gasteiger partial charge in [0.25, 0.3) is 5.91 Å². The van der Waals surface area contributed by atoms with Gasteiger partial charge in [0.15, 0.2) is 0 Å². The molecule has 3 heterocycles. The average Bonchev–Trinajstić information content (AvgIpc) is 3.35. The van der Waals surface area contributed by atoms with E-state index in [1.165, 1.54) is 11.3 Å². The minimum absolute atomic E-state index is 0.0474. The Labute approximate surface area is 238 Å². The number of carbonyl (C=O) groups is 1. The number of benzene rings is 3. The van der Waals surface area contributed by atoms with Crippen molar-refractivity contribution < 1.29 is 18.0 Å². The maximum absolute atomic E-state index is 13.3. The first-order valence-corrected chi connectivity index (χ1v) is 14.4. The molecule has 2 aliphatic rings. The zero-order valence-corrected chi connectivity index (χ0v) is 23.2. The molecule has 41 heavy (non-hydrogen) atoms. The summed E-state index contributed by atoms with van der Waals surface area (Å²) < 4.78 is 38.8. The fraction of sp³-hybridized carbons (Fsp3) is 0.364. The van der Waals surface area contributed by atoms with E-state index in [2.05, 4.69) is 51.3 Å². The van der Waals surface area contributed by atoms with Crippen molar-refractivity contribution in [2.45, 2.75) is 57.5 Å². The second-order valence-corrected chi connectivity index (χ2v) is 11.4. The molecule has 0 spiro atoms. The lowest BCUT2D eigenvalue weighted by molar-refractivity contribution is -0.137. The van der Waals surface area contributed by atoms with Crippen LogP contribution in [0.25, 0.3) is 10.9 Å². The van der Waals surface area contributed by atoms with E-state index in [1.807, 2.05) is 24.3 Å². The highest BCUT2D eigenvalue weighted by molar-refractivity contribution is 5.99. The molecule has 6 rings (SSSR count). The molecule has 1 unspecified atom stereocenters. The predicted molar refractivity (Wildman–Crippen MR) is 154 cm³/mol. The van der Waals surface area contributed by atoms with Crippen molar-refractivity contribution in [3.8, 4) is 0 Å². The first-order valence-electron chi connectivity index (χ1n) is 14.4. The summed E-state index contributed by atoms with van der Waals surface area (Å²) in [7, 11) is 0. The van der Waals surface area contributed by atoms with E-state index in [9.17, 15) is 18.0 Å². The van der Waals surface area contributed by atoms with Crippen molar-refractivity contribution in [1.29, 1.82) is 0 Å². The molecule has 0 radical (unpaired) electrons. The Bertz CT molecular complexity index is 1510. The van der Waals surface area contributed by atoms with Crippen LogP contribution in [0.2, 0.25) is 0 Å². The smallest absolute Gasteiger partial charge is 0.358 e. The molecule has 0 aliphatic carbocycles. The molecule has 0 bridgehead atoms. The molecule has 5 nitrogen and oxygen atoms in total. The molecule has 3 aromatic carbocycles. The van der Waals surface area contributed by atoms with E-state index in [0.717, 1.165) is 73.1 Å². The van der Waals surface area contributed by atoms with Gasteiger partial charge in [0.05, 0.1) is 5.56 Å². The number of likely N-dealkylation sites (tertiary alicyclic amines) is 1. The molecule has 4 aromatic rings. The lowest BCUT2D eigenvalue weighted by Crippen LogP contribution is -2.45. The van der Waals surface area contributed by atoms with Gasteiger partial charge in [-0.05, 0) is 66.8 Å². The second-order valence-electron chi connectivity index (χ2n) is 11.4. The summed E-state index contributed by atoms with van der Waals surface area (Å²) in [6, 6.07) is 22.3. The van der Waals surface area contributed by atoms with Gasteiger partial charge in [0.1, 0.15) is 0 Å². The third-order valence-corrected chi connectivity index (χ3v) is 8.70. The molecule has 1 atom stereocenters. The van der Waals surface area contributed by atoms with Crippen molar-refractivity contribution in [2.24, 2.45) is 0 Å². The Kier molecular flexibility index (Phi) is 7.62. The second kappa shape index (κ2) is 11.3. The number of H-pyrrole nitrogens is 1. The number of aromatic amines is 1. The SMILES string of the molecule is CC(c1ccccc1)N1CCC(NC(=O)c2ccc3[nH]c4c(c3c2)CN(Cc2ccc(C(F)(F)F)cc2)CC4)CC1. The van der Waals surface area contributed by atoms with Gasteiger partial charge in [-0.3, -0.25) is 14.6 Å². The lowest BCUT2D eigenvalue weighted by Gasteiger charge is -2.36. The number of hydrogen-bond donors (Lipinski definition) is 2. The van der Waals surface area contributed by atoms with Crippen LogP contribution in [0.1, 0.15) is 64.1 Å². The summed E-state index contributed by atoms with van der Waals surface area (Å²) in [5.74, 6) is -0.0474. The summed E-state index contributed by atoms with van der Waals surface area (Å²) in [6.45, 7) is 6.20. The van der Waals surface area contributed by atoms with Gasteiger partial charge in [0.2, 0.25) is 0 Å². The molecular weight excluding hydrogens is 525 g/mol. The van der Waals surface area contributed by atoms with Crippen LogP contribution < -0.4 is 5.32 Å². The van der Waals surface area contributed by atoms with Gasteiger partial charge in [-0.15, -0.1) is 0 Å². The number of rotatable bonds is 6. The molecule has 1 amide bonds. The van der Waals surface area contributed by atoms with Gasteiger partial charge >= 0.3 is 6.18 Å². The predicted octanol–water partition coefficient (Wildman–Crippen LogP) is 6.70. The lowest BCUT2D eigenvalue weighted by atomic mass is 9.99. The Hall–Kier alpha value is -3.62. The van der Waals surface area contributed by atoms with E-state index < -0.39 is 11.7 Å². The van der Waals surface area contributed by atoms with Gasteiger partial charge < -0.3 is 10.3 Å². The van der Waals surface area contributed by atoms with Crippen LogP contribution >= 0.6 is 0 Å². The first-order chi connectivity index (χ1) is 19.7. The summed E-state index contributed by atoms with van der Waals surface area (Å²) in [5, 5.41) is 4.30. The van der Waals surface area contributed by atoms with Crippen LogP contribution in [-0.4, -0.2) is 46.4 Å². The Morgan fingerprint density at radius 1 is 1.00 bits per heavy atom. The minimum atomic E-state index is -4.33. The van der Waals surface area contributed by atoms with Crippen LogP contribution in [-0.2, 0) is 25.7 Å². The van der Waals surface area contributed by atoms with Crippen LogP contribution in [0.4, 0.5) is 13.2 Å². The number of fused-ring (bicyclic) bond motifs is 3. The van der Waals surface area contributed by atoms with Gasteiger partial charge in [-0.2, -0.15) is 13.2 Å². The number of alkyl halides is 3. The summed E-state index contributed by atoms with van der Waals surface area (Å²) in [4.78, 5) is 21.5. The fourth-order valence-electron chi connectivity index (χ4n) is 6.25. The van der Waals surface area contributed by atoms with Crippen LogP contribution in [0, 0.1) is 0 Å². The number of nitrogens with one attached hydrogen (secondary N) is 2. The number of hydrogen-bond acceptors (Lipinski definition) is 3. The summed E-state index contributed by atoms with van der Waals surface area (Å²) >= 11 is 0. The van der Waals surface area contributed by atoms with Crippen molar-refractivity contribution in [1.82, 2.24) is 20.1 Å². The number of aromatic nitrogens is 1. The quantitative estimate of drug-likeness (QED) is 0.276. The molecule has 2 aliphatic heterocycles. The molecule has 1 aromatic heterocycles. The molecule has 8 heteroatoms. The maximum atomic E-state index is 13.3. The van der Waals surface area contributed by atoms with E-state index in [-0.39, 0.29) is 11.9 Å². The Morgan fingerprint density at radius 2 is 1.73 bits per heavy atom. The fourth-order valence-corrected chi connectivity index (χ4v) is 6.25. The van der Waals surface area contributed by atoms with Gasteiger partial charge in [0, 0.05) is 73.4 Å². The molecule has 2 N–H and O–H groups in total. The largest absolute Gasteiger partial charge is 0.416 e. The normalized spacial score (nSPS) is 17.9.